The van der Waals surface area contributed by atoms with Crippen LogP contribution >= 0.6 is 0 Å². The number of nitrogens with zero attached hydrogens (tertiary/aromatic N) is 1. The van der Waals surface area contributed by atoms with E-state index in [1.165, 1.54) is 24.0 Å². The molecule has 0 radical (unpaired) electrons. The quantitative estimate of drug-likeness (QED) is 0.377. The van der Waals surface area contributed by atoms with Crippen molar-refractivity contribution in [1.29, 1.82) is 0 Å². The predicted molar refractivity (Wildman–Crippen MR) is 156 cm³/mol. The van der Waals surface area contributed by atoms with Gasteiger partial charge in [-0.15, -0.1) is 0 Å². The van der Waals surface area contributed by atoms with Crippen LogP contribution in [0.4, 0.5) is 0 Å². The summed E-state index contributed by atoms with van der Waals surface area (Å²) in [5.74, 6) is 3.24. The van der Waals surface area contributed by atoms with Crippen LogP contribution in [0.3, 0.4) is 0 Å². The molecule has 2 heterocycles. The maximum atomic E-state index is 12.8. The minimum absolute atomic E-state index is 0.0298. The van der Waals surface area contributed by atoms with Gasteiger partial charge in [0.05, 0.1) is 6.61 Å². The van der Waals surface area contributed by atoms with Crippen LogP contribution in [0, 0.1) is 11.8 Å². The van der Waals surface area contributed by atoms with Crippen molar-refractivity contribution in [3.8, 4) is 0 Å². The first-order chi connectivity index (χ1) is 19.1. The first kappa shape index (κ1) is 25.6. The number of carbonyl (C=O) groups excluding carboxylic acids is 1. The van der Waals surface area contributed by atoms with Crippen LogP contribution in [0.2, 0.25) is 0 Å². The normalized spacial score (nSPS) is 24.5. The predicted octanol–water partition coefficient (Wildman–Crippen LogP) is 6.70. The number of benzene rings is 1. The van der Waals surface area contributed by atoms with Crippen molar-refractivity contribution in [3.63, 3.8) is 0 Å². The van der Waals surface area contributed by atoms with Gasteiger partial charge in [0, 0.05) is 28.0 Å². The van der Waals surface area contributed by atoms with E-state index in [1.54, 1.807) is 6.08 Å². The van der Waals surface area contributed by atoms with Gasteiger partial charge in [0.2, 0.25) is 6.35 Å². The number of carbonyl (C=O) groups is 1. The SMILES string of the molecule is CCCCC(CC)COC1N=C(c2ccc3oc4c(c3c2)CC2C=CC=CC2=C4)NC(=C2CCC=CC2=O)N1. The molecule has 6 rings (SSSR count). The fraction of sp³-hybridized carbons (Fsp3) is 0.394. The third-order valence-corrected chi connectivity index (χ3v) is 8.21. The third-order valence-electron chi connectivity index (χ3n) is 8.21. The van der Waals surface area contributed by atoms with Gasteiger partial charge in [-0.1, -0.05) is 63.5 Å². The Labute approximate surface area is 230 Å². The van der Waals surface area contributed by atoms with E-state index in [0.717, 1.165) is 53.5 Å². The molecule has 2 aromatic rings. The Morgan fingerprint density at radius 1 is 1.21 bits per heavy atom. The van der Waals surface area contributed by atoms with Gasteiger partial charge in [-0.25, -0.2) is 4.99 Å². The Balaban J connectivity index is 1.33. The Kier molecular flexibility index (Phi) is 7.38. The third kappa shape index (κ3) is 5.30. The lowest BCUT2D eigenvalue weighted by atomic mass is 9.83. The van der Waals surface area contributed by atoms with Crippen molar-refractivity contribution < 1.29 is 13.9 Å². The van der Waals surface area contributed by atoms with E-state index in [0.29, 0.717) is 36.5 Å². The van der Waals surface area contributed by atoms with Gasteiger partial charge in [-0.05, 0) is 67.5 Å². The fourth-order valence-corrected chi connectivity index (χ4v) is 5.82. The smallest absolute Gasteiger partial charge is 0.228 e. The van der Waals surface area contributed by atoms with Crippen LogP contribution in [-0.4, -0.2) is 24.6 Å². The summed E-state index contributed by atoms with van der Waals surface area (Å²) in [4.78, 5) is 17.7. The monoisotopic (exact) mass is 523 g/mol. The molecule has 202 valence electrons. The maximum absolute atomic E-state index is 12.8. The van der Waals surface area contributed by atoms with Gasteiger partial charge in [0.15, 0.2) is 5.78 Å². The van der Waals surface area contributed by atoms with Crippen LogP contribution < -0.4 is 10.6 Å². The highest BCUT2D eigenvalue weighted by molar-refractivity contribution is 6.07. The zero-order valence-electron chi connectivity index (χ0n) is 22.8. The number of amidine groups is 1. The lowest BCUT2D eigenvalue weighted by Crippen LogP contribution is -2.46. The fourth-order valence-electron chi connectivity index (χ4n) is 5.82. The molecular formula is C33H37N3O3. The van der Waals surface area contributed by atoms with Crippen LogP contribution in [0.15, 0.2) is 81.0 Å². The van der Waals surface area contributed by atoms with Gasteiger partial charge in [-0.2, -0.15) is 0 Å². The summed E-state index contributed by atoms with van der Waals surface area (Å²) in [6.07, 6.45) is 20.9. The summed E-state index contributed by atoms with van der Waals surface area (Å²) in [5, 5.41) is 7.91. The molecule has 2 N–H and O–H groups in total. The Hall–Kier alpha value is -3.64. The summed E-state index contributed by atoms with van der Waals surface area (Å²) in [6, 6.07) is 6.22. The van der Waals surface area contributed by atoms with Crippen LogP contribution in [0.25, 0.3) is 17.0 Å². The highest BCUT2D eigenvalue weighted by Gasteiger charge is 2.28. The summed E-state index contributed by atoms with van der Waals surface area (Å²) >= 11 is 0. The van der Waals surface area contributed by atoms with Gasteiger partial charge in [0.1, 0.15) is 23.0 Å². The van der Waals surface area contributed by atoms with Crippen molar-refractivity contribution in [2.45, 2.75) is 65.1 Å². The number of nitrogens with one attached hydrogen (secondary N) is 2. The van der Waals surface area contributed by atoms with E-state index in [-0.39, 0.29) is 5.78 Å². The lowest BCUT2D eigenvalue weighted by Gasteiger charge is -2.30. The molecule has 0 amide bonds. The second-order valence-electron chi connectivity index (χ2n) is 10.9. The second kappa shape index (κ2) is 11.2. The van der Waals surface area contributed by atoms with E-state index < -0.39 is 6.35 Å². The first-order valence-corrected chi connectivity index (χ1v) is 14.4. The molecule has 0 bridgehead atoms. The molecule has 1 aliphatic heterocycles. The molecule has 3 unspecified atom stereocenters. The Bertz CT molecular complexity index is 1450. The molecule has 0 spiro atoms. The number of rotatable bonds is 8. The Morgan fingerprint density at radius 2 is 2.13 bits per heavy atom. The average molecular weight is 524 g/mol. The molecule has 4 aliphatic rings. The molecule has 3 aliphatic carbocycles. The minimum atomic E-state index is -0.559. The molecule has 0 fully saturated rings. The van der Waals surface area contributed by atoms with E-state index in [1.807, 2.05) is 18.2 Å². The number of ether oxygens (including phenoxy) is 1. The van der Waals surface area contributed by atoms with Crippen molar-refractivity contribution in [1.82, 2.24) is 10.6 Å². The molecule has 1 aromatic carbocycles. The van der Waals surface area contributed by atoms with E-state index in [2.05, 4.69) is 60.9 Å². The van der Waals surface area contributed by atoms with Crippen LogP contribution in [0.1, 0.15) is 69.3 Å². The number of hydrogen-bond donors (Lipinski definition) is 2. The van der Waals surface area contributed by atoms with Crippen molar-refractivity contribution in [3.05, 3.63) is 88.5 Å². The van der Waals surface area contributed by atoms with Crippen LogP contribution in [0.5, 0.6) is 0 Å². The number of ketones is 1. The summed E-state index contributed by atoms with van der Waals surface area (Å²) in [7, 11) is 0. The topological polar surface area (TPSA) is 75.9 Å². The van der Waals surface area contributed by atoms with E-state index in [4.69, 9.17) is 14.1 Å². The minimum Gasteiger partial charge on any atom is -0.456 e. The van der Waals surface area contributed by atoms with Gasteiger partial charge in [0.25, 0.3) is 0 Å². The number of allylic oxidation sites excluding steroid dienone is 8. The molecule has 6 heteroatoms. The highest BCUT2D eigenvalue weighted by Crippen LogP contribution is 2.38. The molecular weight excluding hydrogens is 486 g/mol. The molecule has 3 atom stereocenters. The first-order valence-electron chi connectivity index (χ1n) is 14.4. The largest absolute Gasteiger partial charge is 0.456 e. The number of fused-ring (bicyclic) bond motifs is 4. The zero-order valence-corrected chi connectivity index (χ0v) is 22.8. The zero-order chi connectivity index (χ0) is 26.8. The van der Waals surface area contributed by atoms with Crippen molar-refractivity contribution >= 4 is 28.7 Å². The van der Waals surface area contributed by atoms with Gasteiger partial charge < -0.3 is 19.8 Å². The lowest BCUT2D eigenvalue weighted by molar-refractivity contribution is -0.111. The van der Waals surface area contributed by atoms with Gasteiger partial charge in [-0.3, -0.25) is 4.79 Å². The standard InChI is InChI=1S/C33H37N3O3/c1-3-5-10-21(4-2)20-38-33-35-31(34-32(36-33)25-13-8-9-14-28(25)37)24-15-16-29-26(18-24)27-17-22-11-6-7-12-23(22)19-30(27)39-29/h6-7,9,11-12,14-16,18-19,21-22,33,36H,3-5,8,10,13,17,20H2,1-2H3,(H,34,35). The number of hydrogen-bond acceptors (Lipinski definition) is 6. The summed E-state index contributed by atoms with van der Waals surface area (Å²) < 4.78 is 12.6. The second-order valence-corrected chi connectivity index (χ2v) is 10.9. The average Bonchev–Trinajstić information content (AvgIpc) is 3.32. The van der Waals surface area contributed by atoms with E-state index >= 15 is 0 Å². The van der Waals surface area contributed by atoms with Crippen LogP contribution in [-0.2, 0) is 16.0 Å². The molecule has 1 aromatic heterocycles. The van der Waals surface area contributed by atoms with Crippen molar-refractivity contribution in [2.75, 3.05) is 6.61 Å². The molecule has 6 nitrogen and oxygen atoms in total. The summed E-state index contributed by atoms with van der Waals surface area (Å²) in [5.41, 5.74) is 5.09. The number of unbranched alkanes of at least 4 members (excludes halogenated alkanes) is 1. The number of aliphatic imine (C=N–C) groups is 1. The Morgan fingerprint density at radius 3 is 2.97 bits per heavy atom. The van der Waals surface area contributed by atoms with E-state index in [9.17, 15) is 4.79 Å². The highest BCUT2D eigenvalue weighted by atomic mass is 16.5. The number of furan rings is 1. The van der Waals surface area contributed by atoms with Gasteiger partial charge >= 0.3 is 0 Å². The maximum Gasteiger partial charge on any atom is 0.228 e. The molecule has 39 heavy (non-hydrogen) atoms. The summed E-state index contributed by atoms with van der Waals surface area (Å²) in [6.45, 7) is 5.07. The van der Waals surface area contributed by atoms with Crippen molar-refractivity contribution in [2.24, 2.45) is 16.8 Å². The molecule has 0 saturated carbocycles. The molecule has 0 saturated heterocycles.